The van der Waals surface area contributed by atoms with E-state index in [1.165, 1.54) is 32.4 Å². The molecule has 2 rings (SSSR count). The van der Waals surface area contributed by atoms with Crippen molar-refractivity contribution in [2.75, 3.05) is 32.7 Å². The molecular weight excluding hydrogens is 384 g/mol. The van der Waals surface area contributed by atoms with Crippen LogP contribution in [0.25, 0.3) is 0 Å². The molecular formula is C19H24N2O6S. The number of hydrogen-bond acceptors (Lipinski definition) is 6. The number of sulfonamides is 1. The second-order valence-electron chi connectivity index (χ2n) is 5.62. The summed E-state index contributed by atoms with van der Waals surface area (Å²) in [4.78, 5) is 12.6. The van der Waals surface area contributed by atoms with Gasteiger partial charge in [0, 0.05) is 18.2 Å². The van der Waals surface area contributed by atoms with Crippen molar-refractivity contribution in [3.8, 4) is 17.2 Å². The Morgan fingerprint density at radius 3 is 2.36 bits per heavy atom. The fourth-order valence-electron chi connectivity index (χ4n) is 2.50. The maximum Gasteiger partial charge on any atom is 0.255 e. The molecule has 0 aliphatic heterocycles. The van der Waals surface area contributed by atoms with Gasteiger partial charge in [-0.1, -0.05) is 6.92 Å². The molecule has 28 heavy (non-hydrogen) atoms. The lowest BCUT2D eigenvalue weighted by atomic mass is 10.2. The van der Waals surface area contributed by atoms with Gasteiger partial charge in [-0.2, -0.15) is 0 Å². The predicted octanol–water partition coefficient (Wildman–Crippen LogP) is 2.65. The van der Waals surface area contributed by atoms with Crippen LogP contribution in [0.2, 0.25) is 0 Å². The summed E-state index contributed by atoms with van der Waals surface area (Å²) < 4.78 is 43.2. The fraction of sp³-hybridized carbons (Fsp3) is 0.316. The van der Waals surface area contributed by atoms with Crippen molar-refractivity contribution in [2.45, 2.75) is 18.7 Å². The number of amides is 1. The maximum atomic E-state index is 12.7. The molecule has 0 spiro atoms. The van der Waals surface area contributed by atoms with Crippen LogP contribution >= 0.6 is 0 Å². The van der Waals surface area contributed by atoms with E-state index in [2.05, 4.69) is 10.0 Å². The number of ether oxygens (including phenoxy) is 3. The summed E-state index contributed by atoms with van der Waals surface area (Å²) in [5, 5.41) is 2.72. The highest BCUT2D eigenvalue weighted by Crippen LogP contribution is 2.30. The minimum absolute atomic E-state index is 0.0921. The summed E-state index contributed by atoms with van der Waals surface area (Å²) in [6, 6.07) is 9.20. The molecule has 0 saturated heterocycles. The summed E-state index contributed by atoms with van der Waals surface area (Å²) in [5.74, 6) is 0.690. The minimum Gasteiger partial charge on any atom is -0.497 e. The van der Waals surface area contributed by atoms with Crippen LogP contribution in [0.4, 0.5) is 5.69 Å². The smallest absolute Gasteiger partial charge is 0.255 e. The molecule has 0 atom stereocenters. The SMILES string of the molecule is CCNS(=O)(=O)c1cc(C(=O)Nc2ccc(OC)cc2OC)ccc1OCC. The van der Waals surface area contributed by atoms with Gasteiger partial charge in [0.2, 0.25) is 10.0 Å². The Morgan fingerprint density at radius 2 is 1.75 bits per heavy atom. The first-order valence-corrected chi connectivity index (χ1v) is 10.1. The van der Waals surface area contributed by atoms with Crippen LogP contribution < -0.4 is 24.2 Å². The van der Waals surface area contributed by atoms with E-state index in [4.69, 9.17) is 14.2 Å². The highest BCUT2D eigenvalue weighted by atomic mass is 32.2. The normalized spacial score (nSPS) is 11.0. The molecule has 1 amide bonds. The molecule has 0 unspecified atom stereocenters. The zero-order valence-electron chi connectivity index (χ0n) is 16.2. The van der Waals surface area contributed by atoms with Crippen molar-refractivity contribution < 1.29 is 27.4 Å². The third-order valence-electron chi connectivity index (χ3n) is 3.79. The third-order valence-corrected chi connectivity index (χ3v) is 5.35. The standard InChI is InChI=1S/C19H24N2O6S/c1-5-20-28(23,24)18-11-13(7-10-16(18)27-6-2)19(22)21-15-9-8-14(25-3)12-17(15)26-4/h7-12,20H,5-6H2,1-4H3,(H,21,22). The van der Waals surface area contributed by atoms with E-state index in [0.29, 0.717) is 23.8 Å². The van der Waals surface area contributed by atoms with Crippen molar-refractivity contribution in [1.29, 1.82) is 0 Å². The average Bonchev–Trinajstić information content (AvgIpc) is 2.68. The molecule has 8 nitrogen and oxygen atoms in total. The zero-order chi connectivity index (χ0) is 20.7. The number of nitrogens with one attached hydrogen (secondary N) is 2. The van der Waals surface area contributed by atoms with E-state index in [0.717, 1.165) is 0 Å². The van der Waals surface area contributed by atoms with Crippen molar-refractivity contribution in [2.24, 2.45) is 0 Å². The number of benzene rings is 2. The van der Waals surface area contributed by atoms with Gasteiger partial charge in [0.1, 0.15) is 22.1 Å². The van der Waals surface area contributed by atoms with Gasteiger partial charge in [0.05, 0.1) is 26.5 Å². The minimum atomic E-state index is -3.81. The molecule has 0 radical (unpaired) electrons. The third kappa shape index (κ3) is 4.93. The van der Waals surface area contributed by atoms with Gasteiger partial charge in [-0.05, 0) is 37.3 Å². The van der Waals surface area contributed by atoms with Crippen LogP contribution in [-0.4, -0.2) is 41.7 Å². The number of methoxy groups -OCH3 is 2. The van der Waals surface area contributed by atoms with E-state index < -0.39 is 15.9 Å². The fourth-order valence-corrected chi connectivity index (χ4v) is 3.71. The summed E-state index contributed by atoms with van der Waals surface area (Å²) in [7, 11) is -0.808. The molecule has 0 aliphatic rings. The van der Waals surface area contributed by atoms with Crippen LogP contribution in [-0.2, 0) is 10.0 Å². The Hall–Kier alpha value is -2.78. The molecule has 9 heteroatoms. The lowest BCUT2D eigenvalue weighted by molar-refractivity contribution is 0.102. The molecule has 0 bridgehead atoms. The molecule has 0 heterocycles. The average molecular weight is 408 g/mol. The van der Waals surface area contributed by atoms with E-state index in [1.54, 1.807) is 32.0 Å². The Bertz CT molecular complexity index is 943. The number of hydrogen-bond donors (Lipinski definition) is 2. The van der Waals surface area contributed by atoms with E-state index in [1.807, 2.05) is 0 Å². The Kier molecular flexibility index (Phi) is 7.24. The number of anilines is 1. The topological polar surface area (TPSA) is 103 Å². The molecule has 0 aromatic heterocycles. The molecule has 152 valence electrons. The van der Waals surface area contributed by atoms with Crippen molar-refractivity contribution >= 4 is 21.6 Å². The predicted molar refractivity (Wildman–Crippen MR) is 106 cm³/mol. The lowest BCUT2D eigenvalue weighted by Crippen LogP contribution is -2.24. The van der Waals surface area contributed by atoms with Crippen LogP contribution in [0.3, 0.4) is 0 Å². The van der Waals surface area contributed by atoms with Gasteiger partial charge in [0.15, 0.2) is 0 Å². The first-order valence-electron chi connectivity index (χ1n) is 8.66. The van der Waals surface area contributed by atoms with Crippen molar-refractivity contribution in [3.05, 3.63) is 42.0 Å². The van der Waals surface area contributed by atoms with Crippen molar-refractivity contribution in [1.82, 2.24) is 4.72 Å². The number of carbonyl (C=O) groups is 1. The lowest BCUT2D eigenvalue weighted by Gasteiger charge is -2.14. The molecule has 0 saturated carbocycles. The Morgan fingerprint density at radius 1 is 1.00 bits per heavy atom. The van der Waals surface area contributed by atoms with Crippen LogP contribution in [0, 0.1) is 0 Å². The summed E-state index contributed by atoms with van der Waals surface area (Å²) in [6.07, 6.45) is 0. The van der Waals surface area contributed by atoms with Crippen LogP contribution in [0.1, 0.15) is 24.2 Å². The zero-order valence-corrected chi connectivity index (χ0v) is 17.1. The second kappa shape index (κ2) is 9.43. The summed E-state index contributed by atoms with van der Waals surface area (Å²) in [5.41, 5.74) is 0.594. The molecule has 2 aromatic rings. The monoisotopic (exact) mass is 408 g/mol. The van der Waals surface area contributed by atoms with E-state index in [-0.39, 0.29) is 22.8 Å². The maximum absolute atomic E-state index is 12.7. The molecule has 2 aromatic carbocycles. The Balaban J connectivity index is 2.38. The number of carbonyl (C=O) groups excluding carboxylic acids is 1. The Labute approximate surface area is 164 Å². The van der Waals surface area contributed by atoms with Gasteiger partial charge in [-0.3, -0.25) is 4.79 Å². The highest BCUT2D eigenvalue weighted by Gasteiger charge is 2.21. The highest BCUT2D eigenvalue weighted by molar-refractivity contribution is 7.89. The first-order chi connectivity index (χ1) is 13.4. The summed E-state index contributed by atoms with van der Waals surface area (Å²) >= 11 is 0. The largest absolute Gasteiger partial charge is 0.497 e. The number of rotatable bonds is 9. The molecule has 2 N–H and O–H groups in total. The van der Waals surface area contributed by atoms with Crippen molar-refractivity contribution in [3.63, 3.8) is 0 Å². The van der Waals surface area contributed by atoms with E-state index in [9.17, 15) is 13.2 Å². The second-order valence-corrected chi connectivity index (χ2v) is 7.35. The molecule has 0 aliphatic carbocycles. The van der Waals surface area contributed by atoms with Crippen LogP contribution in [0.5, 0.6) is 17.2 Å². The van der Waals surface area contributed by atoms with Gasteiger partial charge >= 0.3 is 0 Å². The quantitative estimate of drug-likeness (QED) is 0.661. The van der Waals surface area contributed by atoms with Gasteiger partial charge < -0.3 is 19.5 Å². The summed E-state index contributed by atoms with van der Waals surface area (Å²) in [6.45, 7) is 3.93. The van der Waals surface area contributed by atoms with Crippen LogP contribution in [0.15, 0.2) is 41.3 Å². The van der Waals surface area contributed by atoms with Gasteiger partial charge in [-0.25, -0.2) is 13.1 Å². The first kappa shape index (κ1) is 21.5. The van der Waals surface area contributed by atoms with E-state index >= 15 is 0 Å². The van der Waals surface area contributed by atoms with Gasteiger partial charge in [-0.15, -0.1) is 0 Å². The molecule has 0 fully saturated rings. The van der Waals surface area contributed by atoms with Gasteiger partial charge in [0.25, 0.3) is 5.91 Å².